The summed E-state index contributed by atoms with van der Waals surface area (Å²) in [6.45, 7) is 1.40. The first-order chi connectivity index (χ1) is 8.93. The third-order valence-corrected chi connectivity index (χ3v) is 3.98. The number of carboxylic acids is 1. The maximum Gasteiger partial charge on any atom is 0.338 e. The second kappa shape index (κ2) is 4.39. The SMILES string of the molecule is O=C(O)C(O)(CC1CO1)C(O)(CC1CO1)CC1CO1. The molecular formula is C12H18O7. The minimum absolute atomic E-state index is 0.0996. The first kappa shape index (κ1) is 13.3. The molecule has 3 N–H and O–H groups in total. The molecular weight excluding hydrogens is 256 g/mol. The number of epoxide rings is 3. The third kappa shape index (κ3) is 2.75. The largest absolute Gasteiger partial charge is 0.479 e. The van der Waals surface area contributed by atoms with Crippen molar-refractivity contribution in [3.8, 4) is 0 Å². The third-order valence-electron chi connectivity index (χ3n) is 3.98. The molecule has 3 saturated heterocycles. The number of hydrogen-bond donors (Lipinski definition) is 3. The molecule has 7 nitrogen and oxygen atoms in total. The van der Waals surface area contributed by atoms with Crippen molar-refractivity contribution in [2.24, 2.45) is 0 Å². The highest BCUT2D eigenvalue weighted by Gasteiger charge is 2.60. The highest BCUT2D eigenvalue weighted by Crippen LogP contribution is 2.42. The minimum Gasteiger partial charge on any atom is -0.479 e. The van der Waals surface area contributed by atoms with Gasteiger partial charge in [-0.3, -0.25) is 0 Å². The van der Waals surface area contributed by atoms with Gasteiger partial charge < -0.3 is 29.5 Å². The van der Waals surface area contributed by atoms with E-state index in [1.54, 1.807) is 0 Å². The van der Waals surface area contributed by atoms with Crippen LogP contribution in [0.1, 0.15) is 19.3 Å². The summed E-state index contributed by atoms with van der Waals surface area (Å²) in [6.07, 6.45) is -0.583. The standard InChI is InChI=1S/C12H18O7/c13-10(14)12(16,3-9-6-19-9)11(15,1-7-4-17-7)2-8-5-18-8/h7-9,15-16H,1-6H2,(H,13,14). The highest BCUT2D eigenvalue weighted by molar-refractivity contribution is 5.79. The molecule has 4 atom stereocenters. The van der Waals surface area contributed by atoms with Crippen LogP contribution in [0.4, 0.5) is 0 Å². The number of rotatable bonds is 8. The molecule has 19 heavy (non-hydrogen) atoms. The Balaban J connectivity index is 1.81. The van der Waals surface area contributed by atoms with Gasteiger partial charge in [-0.1, -0.05) is 0 Å². The maximum atomic E-state index is 11.5. The van der Waals surface area contributed by atoms with Crippen LogP contribution in [0.5, 0.6) is 0 Å². The lowest BCUT2D eigenvalue weighted by molar-refractivity contribution is -0.201. The summed E-state index contributed by atoms with van der Waals surface area (Å²) in [6, 6.07) is 0. The van der Waals surface area contributed by atoms with E-state index in [0.717, 1.165) is 0 Å². The molecule has 0 saturated carbocycles. The second-order valence-electron chi connectivity index (χ2n) is 5.68. The van der Waals surface area contributed by atoms with E-state index in [4.69, 9.17) is 14.2 Å². The lowest BCUT2D eigenvalue weighted by Gasteiger charge is -2.40. The fourth-order valence-corrected chi connectivity index (χ4v) is 2.54. The Morgan fingerprint density at radius 1 is 0.947 bits per heavy atom. The van der Waals surface area contributed by atoms with Crippen molar-refractivity contribution in [3.05, 3.63) is 0 Å². The molecule has 0 aliphatic carbocycles. The Hall–Kier alpha value is -0.730. The van der Waals surface area contributed by atoms with Crippen LogP contribution >= 0.6 is 0 Å². The van der Waals surface area contributed by atoms with Crippen molar-refractivity contribution in [2.45, 2.75) is 48.8 Å². The molecule has 4 unspecified atom stereocenters. The lowest BCUT2D eigenvalue weighted by atomic mass is 9.73. The number of ether oxygens (including phenoxy) is 3. The second-order valence-corrected chi connectivity index (χ2v) is 5.68. The fourth-order valence-electron chi connectivity index (χ4n) is 2.54. The molecule has 0 aromatic rings. The lowest BCUT2D eigenvalue weighted by Crippen LogP contribution is -2.61. The topological polar surface area (TPSA) is 115 Å². The van der Waals surface area contributed by atoms with Gasteiger partial charge in [0, 0.05) is 19.3 Å². The number of hydrogen-bond acceptors (Lipinski definition) is 6. The molecule has 3 aliphatic heterocycles. The number of carboxylic acid groups (broad SMARTS) is 1. The fraction of sp³-hybridized carbons (Fsp3) is 0.917. The summed E-state index contributed by atoms with van der Waals surface area (Å²) < 4.78 is 15.1. The van der Waals surface area contributed by atoms with E-state index in [9.17, 15) is 20.1 Å². The Morgan fingerprint density at radius 3 is 1.63 bits per heavy atom. The summed E-state index contributed by atoms with van der Waals surface area (Å²) in [5.74, 6) is -1.42. The first-order valence-corrected chi connectivity index (χ1v) is 6.46. The summed E-state index contributed by atoms with van der Waals surface area (Å²) in [7, 11) is 0. The van der Waals surface area contributed by atoms with E-state index in [-0.39, 0.29) is 37.6 Å². The van der Waals surface area contributed by atoms with Crippen molar-refractivity contribution >= 4 is 5.97 Å². The zero-order valence-corrected chi connectivity index (χ0v) is 10.4. The Morgan fingerprint density at radius 2 is 1.32 bits per heavy atom. The van der Waals surface area contributed by atoms with Crippen molar-refractivity contribution in [1.82, 2.24) is 0 Å². The Labute approximate surface area is 110 Å². The van der Waals surface area contributed by atoms with Crippen LogP contribution in [0, 0.1) is 0 Å². The summed E-state index contributed by atoms with van der Waals surface area (Å²) in [4.78, 5) is 11.5. The van der Waals surface area contributed by atoms with Crippen LogP contribution in [0.15, 0.2) is 0 Å². The maximum absolute atomic E-state index is 11.5. The van der Waals surface area contributed by atoms with E-state index in [1.165, 1.54) is 0 Å². The van der Waals surface area contributed by atoms with Gasteiger partial charge in [-0.15, -0.1) is 0 Å². The van der Waals surface area contributed by atoms with Gasteiger partial charge in [0.25, 0.3) is 0 Å². The van der Waals surface area contributed by atoms with Crippen molar-refractivity contribution in [1.29, 1.82) is 0 Å². The summed E-state index contributed by atoms with van der Waals surface area (Å²) >= 11 is 0. The molecule has 0 bridgehead atoms. The van der Waals surface area contributed by atoms with Gasteiger partial charge in [-0.2, -0.15) is 0 Å². The monoisotopic (exact) mass is 274 g/mol. The molecule has 0 aromatic carbocycles. The minimum atomic E-state index is -2.23. The molecule has 3 aliphatic rings. The molecule has 3 fully saturated rings. The Kier molecular flexibility index (Phi) is 3.06. The van der Waals surface area contributed by atoms with Gasteiger partial charge in [0.2, 0.25) is 0 Å². The number of aliphatic carboxylic acids is 1. The zero-order valence-electron chi connectivity index (χ0n) is 10.4. The van der Waals surface area contributed by atoms with Crippen LogP contribution < -0.4 is 0 Å². The van der Waals surface area contributed by atoms with E-state index < -0.39 is 17.2 Å². The molecule has 0 radical (unpaired) electrons. The van der Waals surface area contributed by atoms with E-state index in [1.807, 2.05) is 0 Å². The predicted molar refractivity (Wildman–Crippen MR) is 60.6 cm³/mol. The highest BCUT2D eigenvalue weighted by atomic mass is 16.6. The number of carbonyl (C=O) groups is 1. The van der Waals surface area contributed by atoms with Gasteiger partial charge in [0.15, 0.2) is 5.60 Å². The van der Waals surface area contributed by atoms with Gasteiger partial charge in [0.1, 0.15) is 5.60 Å². The van der Waals surface area contributed by atoms with E-state index >= 15 is 0 Å². The number of aliphatic hydroxyl groups is 2. The summed E-state index contributed by atoms with van der Waals surface area (Å²) in [5, 5.41) is 30.6. The Bertz CT molecular complexity index is 358. The summed E-state index contributed by atoms with van der Waals surface area (Å²) in [5.41, 5.74) is -3.99. The average Bonchev–Trinajstić information content (AvgIpc) is 3.14. The quantitative estimate of drug-likeness (QED) is 0.481. The zero-order chi connectivity index (χ0) is 13.7. The molecule has 7 heteroatoms. The molecule has 3 heterocycles. The molecule has 0 aromatic heterocycles. The van der Waals surface area contributed by atoms with Crippen LogP contribution in [-0.4, -0.2) is 70.6 Å². The van der Waals surface area contributed by atoms with Gasteiger partial charge >= 0.3 is 5.97 Å². The molecule has 3 rings (SSSR count). The molecule has 0 amide bonds. The smallest absolute Gasteiger partial charge is 0.338 e. The molecule has 108 valence electrons. The van der Waals surface area contributed by atoms with Gasteiger partial charge in [-0.05, 0) is 0 Å². The van der Waals surface area contributed by atoms with Gasteiger partial charge in [-0.25, -0.2) is 4.79 Å². The van der Waals surface area contributed by atoms with Gasteiger partial charge in [0.05, 0.1) is 38.1 Å². The van der Waals surface area contributed by atoms with Crippen molar-refractivity contribution in [2.75, 3.05) is 19.8 Å². The normalized spacial score (nSPS) is 38.1. The predicted octanol–water partition coefficient (Wildman–Crippen LogP) is -1.10. The molecule has 0 spiro atoms. The van der Waals surface area contributed by atoms with Crippen molar-refractivity contribution < 1.29 is 34.3 Å². The van der Waals surface area contributed by atoms with Crippen LogP contribution in [0.3, 0.4) is 0 Å². The van der Waals surface area contributed by atoms with Crippen molar-refractivity contribution in [3.63, 3.8) is 0 Å². The van der Waals surface area contributed by atoms with Crippen LogP contribution in [0.2, 0.25) is 0 Å². The first-order valence-electron chi connectivity index (χ1n) is 6.46. The van der Waals surface area contributed by atoms with E-state index in [0.29, 0.717) is 19.8 Å². The van der Waals surface area contributed by atoms with Crippen LogP contribution in [-0.2, 0) is 19.0 Å². The van der Waals surface area contributed by atoms with Crippen LogP contribution in [0.25, 0.3) is 0 Å². The van der Waals surface area contributed by atoms with E-state index in [2.05, 4.69) is 0 Å². The average molecular weight is 274 g/mol.